The highest BCUT2D eigenvalue weighted by Gasteiger charge is 2.20. The zero-order valence-electron chi connectivity index (χ0n) is 14.4. The van der Waals surface area contributed by atoms with E-state index in [1.165, 1.54) is 22.7 Å². The van der Waals surface area contributed by atoms with Gasteiger partial charge in [-0.1, -0.05) is 0 Å². The average Bonchev–Trinajstić information content (AvgIpc) is 3.29. The van der Waals surface area contributed by atoms with Gasteiger partial charge >= 0.3 is 5.69 Å². The lowest BCUT2D eigenvalue weighted by atomic mass is 10.1. The van der Waals surface area contributed by atoms with Crippen LogP contribution in [0, 0.1) is 10.1 Å². The SMILES string of the molecule is CC1CS[C@H](CO)O1.O=c1[nH]ccc2nc(-c3ccc([N+](=O)[O-])cc3)cn12. The van der Waals surface area contributed by atoms with Crippen LogP contribution in [0.1, 0.15) is 6.92 Å². The summed E-state index contributed by atoms with van der Waals surface area (Å²) in [5.41, 5.74) is 1.62. The molecule has 0 aliphatic carbocycles. The van der Waals surface area contributed by atoms with E-state index in [1.807, 2.05) is 6.92 Å². The molecule has 2 aromatic heterocycles. The van der Waals surface area contributed by atoms with Gasteiger partial charge in [0.1, 0.15) is 11.1 Å². The van der Waals surface area contributed by atoms with E-state index in [4.69, 9.17) is 9.84 Å². The van der Waals surface area contributed by atoms with Crippen LogP contribution in [0.15, 0.2) is 47.5 Å². The molecule has 1 unspecified atom stereocenters. The monoisotopic (exact) mass is 390 g/mol. The number of aliphatic hydroxyl groups excluding tert-OH is 1. The first-order valence-corrected chi connectivity index (χ1v) is 9.22. The van der Waals surface area contributed by atoms with Gasteiger partial charge in [0.05, 0.1) is 23.3 Å². The van der Waals surface area contributed by atoms with Crippen molar-refractivity contribution in [3.8, 4) is 11.3 Å². The predicted octanol–water partition coefficient (Wildman–Crippen LogP) is 2.05. The third-order valence-electron chi connectivity index (χ3n) is 3.82. The summed E-state index contributed by atoms with van der Waals surface area (Å²) >= 11 is 1.68. The summed E-state index contributed by atoms with van der Waals surface area (Å²) in [5.74, 6) is 1.02. The normalized spacial score (nSPS) is 18.9. The molecule has 3 aromatic rings. The molecule has 1 aliphatic heterocycles. The van der Waals surface area contributed by atoms with Gasteiger partial charge in [-0.25, -0.2) is 9.78 Å². The number of aromatic nitrogens is 3. The van der Waals surface area contributed by atoms with Crippen molar-refractivity contribution in [1.29, 1.82) is 0 Å². The van der Waals surface area contributed by atoms with E-state index in [1.54, 1.807) is 36.2 Å². The molecule has 1 aliphatic rings. The number of hydrogen-bond acceptors (Lipinski definition) is 7. The number of ether oxygens (including phenoxy) is 1. The number of H-pyrrole nitrogens is 1. The largest absolute Gasteiger partial charge is 0.393 e. The molecule has 27 heavy (non-hydrogen) atoms. The van der Waals surface area contributed by atoms with Gasteiger partial charge < -0.3 is 14.8 Å². The highest BCUT2D eigenvalue weighted by molar-refractivity contribution is 8.00. The molecule has 2 atom stereocenters. The molecule has 0 saturated carbocycles. The van der Waals surface area contributed by atoms with Gasteiger partial charge in [0.2, 0.25) is 0 Å². The molecule has 9 nitrogen and oxygen atoms in total. The molecule has 4 rings (SSSR count). The number of hydrogen-bond donors (Lipinski definition) is 2. The van der Waals surface area contributed by atoms with Gasteiger partial charge in [-0.2, -0.15) is 0 Å². The molecule has 0 radical (unpaired) electrons. The van der Waals surface area contributed by atoms with Crippen LogP contribution in [0.25, 0.3) is 16.9 Å². The van der Waals surface area contributed by atoms with E-state index in [0.717, 1.165) is 5.75 Å². The molecule has 1 aromatic carbocycles. The van der Waals surface area contributed by atoms with E-state index in [-0.39, 0.29) is 23.4 Å². The minimum atomic E-state index is -0.460. The Hall–Kier alpha value is -2.69. The fourth-order valence-electron chi connectivity index (χ4n) is 2.50. The molecular formula is C17H18N4O5S. The number of fused-ring (bicyclic) bond motifs is 1. The van der Waals surface area contributed by atoms with Gasteiger partial charge in [-0.3, -0.25) is 14.5 Å². The Bertz CT molecular complexity index is 985. The second kappa shape index (κ2) is 8.33. The van der Waals surface area contributed by atoms with Gasteiger partial charge in [-0.15, -0.1) is 11.8 Å². The summed E-state index contributed by atoms with van der Waals surface area (Å²) < 4.78 is 6.61. The summed E-state index contributed by atoms with van der Waals surface area (Å²) in [7, 11) is 0. The van der Waals surface area contributed by atoms with Gasteiger partial charge in [-0.05, 0) is 25.1 Å². The van der Waals surface area contributed by atoms with Crippen molar-refractivity contribution in [3.05, 3.63) is 63.3 Å². The standard InChI is InChI=1S/C12H8N4O3.C5H10O2S/c17-12-13-6-5-11-14-10(7-15(11)12)8-1-3-9(4-2-8)16(18)19;1-4-3-8-5(2-6)7-4/h1-7H,(H,13,17);4-6H,2-3H2,1H3/t;4?,5-/m.1/s1. The highest BCUT2D eigenvalue weighted by atomic mass is 32.2. The van der Waals surface area contributed by atoms with Crippen LogP contribution >= 0.6 is 11.8 Å². The first kappa shape index (κ1) is 19.1. The van der Waals surface area contributed by atoms with Crippen molar-refractivity contribution in [2.45, 2.75) is 18.5 Å². The maximum Gasteiger partial charge on any atom is 0.331 e. The quantitative estimate of drug-likeness (QED) is 0.518. The summed E-state index contributed by atoms with van der Waals surface area (Å²) in [6.45, 7) is 2.16. The summed E-state index contributed by atoms with van der Waals surface area (Å²) in [6.07, 6.45) is 3.44. The highest BCUT2D eigenvalue weighted by Crippen LogP contribution is 2.23. The van der Waals surface area contributed by atoms with Crippen molar-refractivity contribution in [3.63, 3.8) is 0 Å². The smallest absolute Gasteiger partial charge is 0.331 e. The van der Waals surface area contributed by atoms with Gasteiger partial charge in [0.15, 0.2) is 0 Å². The zero-order chi connectivity index (χ0) is 19.4. The molecule has 0 amide bonds. The van der Waals surface area contributed by atoms with E-state index in [2.05, 4.69) is 9.97 Å². The Morgan fingerprint density at radius 3 is 2.67 bits per heavy atom. The first-order chi connectivity index (χ1) is 13.0. The Labute approximate surface area is 158 Å². The molecule has 2 N–H and O–H groups in total. The van der Waals surface area contributed by atoms with Crippen molar-refractivity contribution in [1.82, 2.24) is 14.4 Å². The lowest BCUT2D eigenvalue weighted by Crippen LogP contribution is -2.13. The molecule has 0 spiro atoms. The van der Waals surface area contributed by atoms with Crippen molar-refractivity contribution < 1.29 is 14.8 Å². The average molecular weight is 390 g/mol. The van der Waals surface area contributed by atoms with Crippen LogP contribution < -0.4 is 5.69 Å². The van der Waals surface area contributed by atoms with Crippen molar-refractivity contribution in [2.24, 2.45) is 0 Å². The molecule has 142 valence electrons. The molecule has 10 heteroatoms. The molecule has 0 bridgehead atoms. The van der Waals surface area contributed by atoms with E-state index in [0.29, 0.717) is 23.0 Å². The lowest BCUT2D eigenvalue weighted by Gasteiger charge is -2.03. The fourth-order valence-corrected chi connectivity index (χ4v) is 3.44. The van der Waals surface area contributed by atoms with Crippen LogP contribution in [0.4, 0.5) is 5.69 Å². The van der Waals surface area contributed by atoms with Crippen LogP contribution in [0.2, 0.25) is 0 Å². The number of rotatable bonds is 3. The van der Waals surface area contributed by atoms with Crippen molar-refractivity contribution >= 4 is 23.1 Å². The topological polar surface area (TPSA) is 123 Å². The summed E-state index contributed by atoms with van der Waals surface area (Å²) in [4.78, 5) is 28.5. The third-order valence-corrected chi connectivity index (χ3v) is 5.11. The van der Waals surface area contributed by atoms with Gasteiger partial charge in [0, 0.05) is 35.8 Å². The number of nitrogens with zero attached hydrogens (tertiary/aromatic N) is 3. The molecule has 3 heterocycles. The second-order valence-corrected chi connectivity index (χ2v) is 7.03. The predicted molar refractivity (Wildman–Crippen MR) is 102 cm³/mol. The van der Waals surface area contributed by atoms with Crippen LogP contribution in [-0.4, -0.2) is 48.3 Å². The Kier molecular flexibility index (Phi) is 5.89. The number of imidazole rings is 1. The number of nitro groups is 1. The first-order valence-electron chi connectivity index (χ1n) is 8.17. The Morgan fingerprint density at radius 1 is 1.41 bits per heavy atom. The Balaban J connectivity index is 0.000000221. The Morgan fingerprint density at radius 2 is 2.15 bits per heavy atom. The van der Waals surface area contributed by atoms with Crippen molar-refractivity contribution in [2.75, 3.05) is 12.4 Å². The summed E-state index contributed by atoms with van der Waals surface area (Å²) in [5, 5.41) is 19.1. The molecular weight excluding hydrogens is 372 g/mol. The summed E-state index contributed by atoms with van der Waals surface area (Å²) in [6, 6.07) is 7.70. The number of nitro benzene ring substituents is 1. The molecule has 1 saturated heterocycles. The maximum absolute atomic E-state index is 11.5. The van der Waals surface area contributed by atoms with Crippen LogP contribution in [-0.2, 0) is 4.74 Å². The zero-order valence-corrected chi connectivity index (χ0v) is 15.3. The minimum absolute atomic E-state index is 0.0189. The number of benzene rings is 1. The third kappa shape index (κ3) is 4.54. The number of aliphatic hydroxyl groups is 1. The van der Waals surface area contributed by atoms with E-state index < -0.39 is 4.92 Å². The lowest BCUT2D eigenvalue weighted by molar-refractivity contribution is -0.384. The minimum Gasteiger partial charge on any atom is -0.393 e. The second-order valence-electron chi connectivity index (χ2n) is 5.83. The van der Waals surface area contributed by atoms with E-state index in [9.17, 15) is 14.9 Å². The fraction of sp³-hybridized carbons (Fsp3) is 0.294. The number of nitrogens with one attached hydrogen (secondary N) is 1. The molecule has 1 fully saturated rings. The number of aromatic amines is 1. The van der Waals surface area contributed by atoms with E-state index >= 15 is 0 Å². The maximum atomic E-state index is 11.5. The van der Waals surface area contributed by atoms with Crippen LogP contribution in [0.5, 0.6) is 0 Å². The number of thioether (sulfide) groups is 1. The van der Waals surface area contributed by atoms with Gasteiger partial charge in [0.25, 0.3) is 5.69 Å². The number of non-ortho nitro benzene ring substituents is 1. The van der Waals surface area contributed by atoms with Crippen LogP contribution in [0.3, 0.4) is 0 Å².